The molecule has 4 aliphatic rings. The third kappa shape index (κ3) is 3.84. The van der Waals surface area contributed by atoms with Crippen LogP contribution in [0.1, 0.15) is 43.0 Å². The predicted octanol–water partition coefficient (Wildman–Crippen LogP) is 4.60. The molecule has 0 saturated heterocycles. The number of H-pyrrole nitrogens is 1. The number of nitrogens with zero attached hydrogens (tertiary/aromatic N) is 5. The Morgan fingerprint density at radius 1 is 1.13 bits per heavy atom. The number of aryl methyl sites for hydroxylation is 1. The van der Waals surface area contributed by atoms with Crippen LogP contribution in [-0.2, 0) is 11.8 Å². The number of aromatic amines is 1. The molecule has 0 spiro atoms. The van der Waals surface area contributed by atoms with Crippen molar-refractivity contribution < 1.29 is 14.3 Å². The van der Waals surface area contributed by atoms with E-state index in [9.17, 15) is 14.3 Å². The number of aliphatic carboxylic acids is 1. The Morgan fingerprint density at radius 3 is 2.67 bits per heavy atom. The highest BCUT2D eigenvalue weighted by atomic mass is 19.1. The van der Waals surface area contributed by atoms with Gasteiger partial charge in [-0.2, -0.15) is 0 Å². The topological polar surface area (TPSA) is 111 Å². The van der Waals surface area contributed by atoms with Gasteiger partial charge in [-0.15, -0.1) is 0 Å². The summed E-state index contributed by atoms with van der Waals surface area (Å²) in [7, 11) is 3.90. The number of carboxylic acid groups (broad SMARTS) is 1. The molecular formula is C29H30FN7O2. The summed E-state index contributed by atoms with van der Waals surface area (Å²) in [6, 6.07) is 7.44. The van der Waals surface area contributed by atoms with E-state index >= 15 is 0 Å². The first kappa shape index (κ1) is 24.0. The van der Waals surface area contributed by atoms with Crippen molar-refractivity contribution in [3.05, 3.63) is 66.0 Å². The molecule has 0 radical (unpaired) electrons. The highest BCUT2D eigenvalue weighted by molar-refractivity contribution is 6.10. The van der Waals surface area contributed by atoms with E-state index in [1.54, 1.807) is 12.4 Å². The fourth-order valence-corrected chi connectivity index (χ4v) is 7.02. The van der Waals surface area contributed by atoms with E-state index in [-0.39, 0.29) is 18.1 Å². The summed E-state index contributed by atoms with van der Waals surface area (Å²) in [4.78, 5) is 31.4. The molecule has 10 heteroatoms. The molecule has 200 valence electrons. The second kappa shape index (κ2) is 9.01. The third-order valence-corrected chi connectivity index (χ3v) is 8.95. The number of carbonyl (C=O) groups is 1. The van der Waals surface area contributed by atoms with Gasteiger partial charge in [0, 0.05) is 60.8 Å². The van der Waals surface area contributed by atoms with Crippen LogP contribution in [0, 0.1) is 23.6 Å². The molecule has 3 unspecified atom stereocenters. The number of hydrogen-bond donors (Lipinski definition) is 3. The van der Waals surface area contributed by atoms with Gasteiger partial charge in [-0.1, -0.05) is 12.1 Å². The Bertz CT molecular complexity index is 1620. The molecule has 1 aromatic carbocycles. The quantitative estimate of drug-likeness (QED) is 0.350. The van der Waals surface area contributed by atoms with Crippen LogP contribution in [0.2, 0.25) is 0 Å². The third-order valence-electron chi connectivity index (χ3n) is 8.95. The Kier molecular flexibility index (Phi) is 5.55. The zero-order chi connectivity index (χ0) is 26.8. The van der Waals surface area contributed by atoms with Gasteiger partial charge in [-0.05, 0) is 49.7 Å². The minimum atomic E-state index is -0.724. The van der Waals surface area contributed by atoms with Crippen molar-refractivity contribution in [2.45, 2.75) is 37.9 Å². The number of benzene rings is 1. The van der Waals surface area contributed by atoms with Crippen LogP contribution in [0.4, 0.5) is 10.1 Å². The fourth-order valence-electron chi connectivity index (χ4n) is 7.02. The summed E-state index contributed by atoms with van der Waals surface area (Å²) >= 11 is 0. The van der Waals surface area contributed by atoms with E-state index in [1.165, 1.54) is 12.3 Å². The molecule has 4 aromatic rings. The summed E-state index contributed by atoms with van der Waals surface area (Å²) < 4.78 is 16.2. The molecule has 4 heterocycles. The number of hydrogen-bond acceptors (Lipinski definition) is 6. The SMILES string of the molecule is CN1C(c2c[nH]c3ncc(F)cc23)=Nc2cc(-c3nccn3C)ccc2C1NC1C2CCC(CC2)C1C(=O)O. The van der Waals surface area contributed by atoms with E-state index in [0.29, 0.717) is 22.8 Å². The number of nitrogens with one attached hydrogen (secondary N) is 2. The number of rotatable bonds is 5. The lowest BCUT2D eigenvalue weighted by molar-refractivity contribution is -0.150. The number of aromatic nitrogens is 4. The monoisotopic (exact) mass is 527 g/mol. The summed E-state index contributed by atoms with van der Waals surface area (Å²) in [6.07, 6.45) is 10.4. The molecule has 39 heavy (non-hydrogen) atoms. The normalized spacial score (nSPS) is 26.1. The van der Waals surface area contributed by atoms with E-state index in [1.807, 2.05) is 41.9 Å². The first-order chi connectivity index (χ1) is 18.9. The number of fused-ring (bicyclic) bond motifs is 5. The maximum absolute atomic E-state index is 14.2. The van der Waals surface area contributed by atoms with Gasteiger partial charge in [0.1, 0.15) is 29.3 Å². The minimum Gasteiger partial charge on any atom is -0.481 e. The molecule has 3 fully saturated rings. The van der Waals surface area contributed by atoms with E-state index in [0.717, 1.165) is 53.9 Å². The maximum Gasteiger partial charge on any atom is 0.308 e. The van der Waals surface area contributed by atoms with Gasteiger partial charge in [-0.3, -0.25) is 10.1 Å². The number of amidine groups is 1. The molecular weight excluding hydrogens is 497 g/mol. The van der Waals surface area contributed by atoms with Crippen LogP contribution in [0.15, 0.2) is 54.0 Å². The van der Waals surface area contributed by atoms with Crippen molar-refractivity contribution >= 4 is 28.5 Å². The smallest absolute Gasteiger partial charge is 0.308 e. The summed E-state index contributed by atoms with van der Waals surface area (Å²) in [5.74, 6) is 0.425. The molecule has 3 aromatic heterocycles. The molecule has 8 rings (SSSR count). The highest BCUT2D eigenvalue weighted by Crippen LogP contribution is 2.47. The predicted molar refractivity (Wildman–Crippen MR) is 145 cm³/mol. The lowest BCUT2D eigenvalue weighted by Gasteiger charge is -2.49. The molecule has 0 amide bonds. The van der Waals surface area contributed by atoms with Crippen molar-refractivity contribution in [1.29, 1.82) is 0 Å². The van der Waals surface area contributed by atoms with Crippen LogP contribution in [0.25, 0.3) is 22.4 Å². The van der Waals surface area contributed by atoms with Crippen LogP contribution in [-0.4, -0.2) is 54.4 Å². The van der Waals surface area contributed by atoms with Crippen molar-refractivity contribution in [3.63, 3.8) is 0 Å². The average molecular weight is 528 g/mol. The molecule has 3 saturated carbocycles. The Labute approximate surface area is 224 Å². The maximum atomic E-state index is 14.2. The summed E-state index contributed by atoms with van der Waals surface area (Å²) in [5, 5.41) is 14.6. The van der Waals surface area contributed by atoms with Gasteiger partial charge in [-0.25, -0.2) is 19.4 Å². The standard InChI is InChI=1S/C29H30FN7O2/c1-36-10-9-31-26(36)17-7-8-19-22(11-17)34-28(21-14-33-25-20(21)12-18(30)13-32-25)37(2)27(19)35-24-16-5-3-15(4-6-16)23(24)29(38)39/h7-16,23-24,27,35H,3-6H2,1-2H3,(H,32,33)(H,38,39). The fraction of sp³-hybridized carbons (Fsp3) is 0.379. The Hall–Kier alpha value is -4.05. The zero-order valence-corrected chi connectivity index (χ0v) is 21.8. The van der Waals surface area contributed by atoms with Crippen molar-refractivity contribution in [2.75, 3.05) is 7.05 Å². The van der Waals surface area contributed by atoms with Gasteiger partial charge < -0.3 is 19.6 Å². The zero-order valence-electron chi connectivity index (χ0n) is 21.8. The van der Waals surface area contributed by atoms with Crippen LogP contribution < -0.4 is 5.32 Å². The number of halogens is 1. The largest absolute Gasteiger partial charge is 0.481 e. The molecule has 9 nitrogen and oxygen atoms in total. The van der Waals surface area contributed by atoms with Gasteiger partial charge in [0.15, 0.2) is 0 Å². The van der Waals surface area contributed by atoms with Gasteiger partial charge in [0.05, 0.1) is 17.8 Å². The molecule has 2 bridgehead atoms. The van der Waals surface area contributed by atoms with Gasteiger partial charge >= 0.3 is 5.97 Å². The minimum absolute atomic E-state index is 0.147. The Morgan fingerprint density at radius 2 is 1.92 bits per heavy atom. The number of imidazole rings is 1. The van der Waals surface area contributed by atoms with Crippen molar-refractivity contribution in [2.24, 2.45) is 29.8 Å². The molecule has 1 aliphatic heterocycles. The molecule has 3 atom stereocenters. The van der Waals surface area contributed by atoms with Crippen LogP contribution in [0.3, 0.4) is 0 Å². The lowest BCUT2D eigenvalue weighted by Crippen LogP contribution is -2.58. The first-order valence-electron chi connectivity index (χ1n) is 13.4. The van der Waals surface area contributed by atoms with Crippen molar-refractivity contribution in [3.8, 4) is 11.4 Å². The molecule has 3 aliphatic carbocycles. The number of pyridine rings is 1. The number of aliphatic imine (C=N–C) groups is 1. The summed E-state index contributed by atoms with van der Waals surface area (Å²) in [5.41, 5.74) is 3.98. The van der Waals surface area contributed by atoms with E-state index < -0.39 is 17.7 Å². The molecule has 3 N–H and O–H groups in total. The van der Waals surface area contributed by atoms with Gasteiger partial charge in [0.2, 0.25) is 0 Å². The van der Waals surface area contributed by atoms with E-state index in [2.05, 4.69) is 26.3 Å². The average Bonchev–Trinajstić information content (AvgIpc) is 3.56. The lowest BCUT2D eigenvalue weighted by atomic mass is 9.61. The first-order valence-corrected chi connectivity index (χ1v) is 13.4. The van der Waals surface area contributed by atoms with Crippen LogP contribution >= 0.6 is 0 Å². The van der Waals surface area contributed by atoms with Crippen LogP contribution in [0.5, 0.6) is 0 Å². The second-order valence-corrected chi connectivity index (χ2v) is 11.1. The number of carboxylic acids is 1. The van der Waals surface area contributed by atoms with Crippen molar-refractivity contribution in [1.82, 2.24) is 29.7 Å². The van der Waals surface area contributed by atoms with E-state index in [4.69, 9.17) is 4.99 Å². The summed E-state index contributed by atoms with van der Waals surface area (Å²) in [6.45, 7) is 0. The van der Waals surface area contributed by atoms with Gasteiger partial charge in [0.25, 0.3) is 0 Å². The Balaban J connectivity index is 1.36. The highest BCUT2D eigenvalue weighted by Gasteiger charge is 2.48. The second-order valence-electron chi connectivity index (χ2n) is 11.1.